The zero-order valence-corrected chi connectivity index (χ0v) is 40.5. The Hall–Kier alpha value is 0.556. The Morgan fingerprint density at radius 3 is 0.522 bits per heavy atom. The molecule has 0 unspecified atom stereocenters. The fourth-order valence-corrected chi connectivity index (χ4v) is 17.5. The van der Waals surface area contributed by atoms with E-state index in [2.05, 4.69) is 150 Å². The number of hydrogen-bond donors (Lipinski definition) is 0. The second-order valence-corrected chi connectivity index (χ2v) is 21.9. The summed E-state index contributed by atoms with van der Waals surface area (Å²) in [5, 5.41) is 0. The molecule has 0 bridgehead atoms. The Balaban J connectivity index is 0.000000802. The molecular formula is C41H65Cl3Zr2. The van der Waals surface area contributed by atoms with Gasteiger partial charge in [-0.1, -0.05) is 0 Å². The Kier molecular flexibility index (Phi) is 16.5. The van der Waals surface area contributed by atoms with Crippen LogP contribution in [0, 0.1) is 21.7 Å². The van der Waals surface area contributed by atoms with Crippen LogP contribution in [0.25, 0.3) is 0 Å². The molecule has 0 saturated carbocycles. The van der Waals surface area contributed by atoms with Gasteiger partial charge in [0, 0.05) is 6.38 Å². The summed E-state index contributed by atoms with van der Waals surface area (Å²) in [6.07, 6.45) is 1.47. The quantitative estimate of drug-likeness (QED) is 0.247. The van der Waals surface area contributed by atoms with E-state index < -0.39 is 46.5 Å². The Morgan fingerprint density at radius 2 is 0.435 bits per heavy atom. The first kappa shape index (κ1) is 46.6. The first-order valence-corrected chi connectivity index (χ1v) is 22.0. The topological polar surface area (TPSA) is 0 Å². The molecule has 4 aliphatic carbocycles. The molecule has 0 aromatic rings. The maximum atomic E-state index is 4.64. The van der Waals surface area contributed by atoms with Crippen molar-refractivity contribution in [2.24, 2.45) is 21.7 Å². The zero-order valence-electron chi connectivity index (χ0n) is 33.2. The van der Waals surface area contributed by atoms with Crippen molar-refractivity contribution in [3.05, 3.63) is 80.0 Å². The van der Waals surface area contributed by atoms with Gasteiger partial charge in [-0.3, -0.25) is 0 Å². The molecule has 0 N–H and O–H groups in total. The molecule has 4 rings (SSSR count). The van der Waals surface area contributed by atoms with Gasteiger partial charge in [0.05, 0.1) is 0 Å². The first-order chi connectivity index (χ1) is 19.9. The maximum Gasteiger partial charge on any atom is 0.0108 e. The van der Waals surface area contributed by atoms with E-state index in [9.17, 15) is 0 Å². The van der Waals surface area contributed by atoms with Gasteiger partial charge in [-0.25, -0.2) is 0 Å². The predicted octanol–water partition coefficient (Wildman–Crippen LogP) is 14.4. The van der Waals surface area contributed by atoms with Gasteiger partial charge in [0.2, 0.25) is 0 Å². The van der Waals surface area contributed by atoms with E-state index in [4.69, 9.17) is 0 Å². The van der Waals surface area contributed by atoms with E-state index in [1.165, 1.54) is 6.38 Å². The average molecular weight is 847 g/mol. The molecule has 46 heavy (non-hydrogen) atoms. The fraction of sp³-hybridized carbons (Fsp3) is 0.610. The van der Waals surface area contributed by atoms with Crippen molar-refractivity contribution >= 4 is 36.4 Å². The molecule has 0 radical (unpaired) electrons. The van der Waals surface area contributed by atoms with Crippen LogP contribution in [0.5, 0.6) is 0 Å². The SMILES string of the molecule is CC1=C(C)C(C)(C)[C]([Zr][C]2=C(C)C(C)=C(C)C2(C)C)=C1C.CC1=C(C)C(C)(C)[C]([Zr][C]2=C(C)C(C)=C(C)C2(C)C)=C1C.CCl.Cl.Cl. The molecular weight excluding hydrogens is 781 g/mol. The Morgan fingerprint density at radius 1 is 0.304 bits per heavy atom. The van der Waals surface area contributed by atoms with E-state index >= 15 is 0 Å². The third-order valence-electron chi connectivity index (χ3n) is 12.8. The third kappa shape index (κ3) is 7.73. The van der Waals surface area contributed by atoms with Gasteiger partial charge in [-0.15, -0.1) is 36.4 Å². The van der Waals surface area contributed by atoms with Crippen LogP contribution in [0.4, 0.5) is 0 Å². The number of hydrogen-bond acceptors (Lipinski definition) is 0. The fourth-order valence-electron chi connectivity index (χ4n) is 7.62. The molecule has 0 aliphatic heterocycles. The van der Waals surface area contributed by atoms with E-state index in [0.29, 0.717) is 0 Å². The third-order valence-corrected chi connectivity index (χ3v) is 25.0. The Bertz CT molecular complexity index is 1280. The van der Waals surface area contributed by atoms with Crippen LogP contribution >= 0.6 is 36.4 Å². The van der Waals surface area contributed by atoms with Gasteiger partial charge in [0.15, 0.2) is 0 Å². The van der Waals surface area contributed by atoms with Crippen LogP contribution in [0.3, 0.4) is 0 Å². The second kappa shape index (κ2) is 16.3. The largest absolute Gasteiger partial charge is 0.147 e. The molecule has 5 heteroatoms. The summed E-state index contributed by atoms with van der Waals surface area (Å²) in [5.74, 6) is 0. The molecule has 0 heterocycles. The number of rotatable bonds is 4. The van der Waals surface area contributed by atoms with Crippen molar-refractivity contribution in [3.8, 4) is 0 Å². The van der Waals surface area contributed by atoms with Crippen LogP contribution in [0.2, 0.25) is 0 Å². The summed E-state index contributed by atoms with van der Waals surface area (Å²) in [5.41, 5.74) is 20.1. The van der Waals surface area contributed by atoms with Gasteiger partial charge in [0.1, 0.15) is 0 Å². The molecule has 0 saturated heterocycles. The molecule has 0 fully saturated rings. The summed E-state index contributed by atoms with van der Waals surface area (Å²) in [7, 11) is 0. The van der Waals surface area contributed by atoms with Gasteiger partial charge in [0.25, 0.3) is 0 Å². The van der Waals surface area contributed by atoms with Crippen molar-refractivity contribution in [1.82, 2.24) is 0 Å². The van der Waals surface area contributed by atoms with Crippen LogP contribution < -0.4 is 0 Å². The van der Waals surface area contributed by atoms with Crippen LogP contribution in [-0.2, 0) is 46.5 Å². The van der Waals surface area contributed by atoms with Crippen molar-refractivity contribution in [1.29, 1.82) is 0 Å². The molecule has 0 aromatic heterocycles. The normalized spacial score (nSPS) is 22.7. The maximum absolute atomic E-state index is 4.64. The van der Waals surface area contributed by atoms with Gasteiger partial charge in [-0.05, 0) is 0 Å². The molecule has 0 nitrogen and oxygen atoms in total. The summed E-state index contributed by atoms with van der Waals surface area (Å²) < 4.78 is 7.19. The average Bonchev–Trinajstić information content (AvgIpc) is 3.34. The van der Waals surface area contributed by atoms with Crippen molar-refractivity contribution < 1.29 is 46.5 Å². The molecule has 0 atom stereocenters. The zero-order chi connectivity index (χ0) is 34.7. The van der Waals surface area contributed by atoms with Crippen molar-refractivity contribution in [2.45, 2.75) is 138 Å². The standard InChI is InChI=1S/4C10H15.CH3Cl.2ClH.2Zr/c4*1-7-6-10(4,5)9(3)8(7)2;1-2;;;;/h4*1-5H3;1H3;2*1H;;. The summed E-state index contributed by atoms with van der Waals surface area (Å²) in [6, 6.07) is 0. The van der Waals surface area contributed by atoms with Crippen molar-refractivity contribution in [3.63, 3.8) is 0 Å². The number of halogens is 3. The monoisotopic (exact) mass is 842 g/mol. The van der Waals surface area contributed by atoms with Crippen molar-refractivity contribution in [2.75, 3.05) is 6.38 Å². The molecule has 4 aliphatic rings. The number of alkyl halides is 1. The first-order valence-electron chi connectivity index (χ1n) is 16.4. The second-order valence-electron chi connectivity index (χ2n) is 15.8. The van der Waals surface area contributed by atoms with E-state index in [0.717, 1.165) is 0 Å². The van der Waals surface area contributed by atoms with E-state index in [-0.39, 0.29) is 46.5 Å². The minimum atomic E-state index is -0.730. The van der Waals surface area contributed by atoms with Gasteiger partial charge >= 0.3 is 287 Å². The van der Waals surface area contributed by atoms with E-state index in [1.807, 2.05) is 0 Å². The predicted molar refractivity (Wildman–Crippen MR) is 206 cm³/mol. The number of allylic oxidation sites excluding steroid dienone is 16. The van der Waals surface area contributed by atoms with Crippen LogP contribution in [0.1, 0.15) is 138 Å². The Labute approximate surface area is 326 Å². The van der Waals surface area contributed by atoms with Crippen LogP contribution in [0.15, 0.2) is 80.0 Å². The van der Waals surface area contributed by atoms with Gasteiger partial charge in [-0.2, -0.15) is 0 Å². The smallest absolute Gasteiger partial charge is 0.0108 e. The summed E-state index contributed by atoms with van der Waals surface area (Å²) >= 11 is 3.18. The van der Waals surface area contributed by atoms with Gasteiger partial charge < -0.3 is 0 Å². The van der Waals surface area contributed by atoms with Crippen LogP contribution in [-0.4, -0.2) is 6.38 Å². The molecule has 0 aromatic carbocycles. The molecule has 0 amide bonds. The summed E-state index contributed by atoms with van der Waals surface area (Å²) in [6.45, 7) is 47.5. The minimum absolute atomic E-state index is 0. The minimum Gasteiger partial charge on any atom is -0.147 e. The summed E-state index contributed by atoms with van der Waals surface area (Å²) in [4.78, 5) is 0. The van der Waals surface area contributed by atoms with E-state index in [1.54, 1.807) is 80.0 Å². The molecule has 0 spiro atoms. The molecule has 258 valence electrons.